The smallest absolute Gasteiger partial charge is 0.228 e. The molecule has 0 saturated carbocycles. The fourth-order valence-corrected chi connectivity index (χ4v) is 3.36. The van der Waals surface area contributed by atoms with Gasteiger partial charge in [-0.25, -0.2) is 0 Å². The third-order valence-electron chi connectivity index (χ3n) is 4.12. The van der Waals surface area contributed by atoms with Crippen LogP contribution in [0.15, 0.2) is 47.6 Å². The van der Waals surface area contributed by atoms with Gasteiger partial charge in [-0.1, -0.05) is 30.0 Å². The number of tetrazole rings is 1. The molecule has 0 spiro atoms. The Kier molecular flexibility index (Phi) is 4.57. The Bertz CT molecular complexity index is 956. The van der Waals surface area contributed by atoms with Gasteiger partial charge in [-0.05, 0) is 52.1 Å². The van der Waals surface area contributed by atoms with Gasteiger partial charge in [-0.15, -0.1) is 5.10 Å². The zero-order valence-corrected chi connectivity index (χ0v) is 15.0. The maximum atomic E-state index is 12.4. The molecule has 4 rings (SSSR count). The Labute approximate surface area is 154 Å². The lowest BCUT2D eigenvalue weighted by molar-refractivity contribution is -0.115. The number of aromatic nitrogens is 4. The number of thioether (sulfide) groups is 1. The van der Waals surface area contributed by atoms with E-state index < -0.39 is 0 Å². The average Bonchev–Trinajstić information content (AvgIpc) is 3.30. The number of carbonyl (C=O) groups excluding carboxylic acids is 1. The molecule has 1 amide bonds. The van der Waals surface area contributed by atoms with Crippen LogP contribution in [0.5, 0.6) is 5.75 Å². The van der Waals surface area contributed by atoms with Gasteiger partial charge in [0.2, 0.25) is 11.1 Å². The van der Waals surface area contributed by atoms with E-state index in [0.29, 0.717) is 23.9 Å². The number of ether oxygens (including phenoxy) is 1. The predicted molar refractivity (Wildman–Crippen MR) is 98.9 cm³/mol. The minimum atomic E-state index is -0.0668. The minimum Gasteiger partial charge on any atom is -0.493 e. The molecule has 1 aliphatic heterocycles. The lowest BCUT2D eigenvalue weighted by Gasteiger charge is -2.09. The number of hydrogen-bond acceptors (Lipinski definition) is 6. The van der Waals surface area contributed by atoms with E-state index in [9.17, 15) is 4.79 Å². The van der Waals surface area contributed by atoms with E-state index in [1.54, 1.807) is 4.68 Å². The summed E-state index contributed by atoms with van der Waals surface area (Å²) in [5.74, 6) is 0.857. The summed E-state index contributed by atoms with van der Waals surface area (Å²) < 4.78 is 7.14. The van der Waals surface area contributed by atoms with Crippen LogP contribution in [0.25, 0.3) is 5.69 Å². The SMILES string of the molecule is CSc1nnnn1-c1cccc(NC(=O)Cc2ccc3c(c2)CCO3)c1. The van der Waals surface area contributed by atoms with Crippen molar-refractivity contribution in [2.24, 2.45) is 0 Å². The van der Waals surface area contributed by atoms with Crippen molar-refractivity contribution in [3.05, 3.63) is 53.6 Å². The molecule has 1 aromatic heterocycles. The summed E-state index contributed by atoms with van der Waals surface area (Å²) in [4.78, 5) is 12.4. The first-order valence-electron chi connectivity index (χ1n) is 8.20. The maximum Gasteiger partial charge on any atom is 0.228 e. The quantitative estimate of drug-likeness (QED) is 0.698. The molecule has 7 nitrogen and oxygen atoms in total. The molecule has 1 aliphatic rings. The van der Waals surface area contributed by atoms with Crippen molar-refractivity contribution in [3.8, 4) is 11.4 Å². The van der Waals surface area contributed by atoms with E-state index in [0.717, 1.165) is 23.4 Å². The summed E-state index contributed by atoms with van der Waals surface area (Å²) in [7, 11) is 0. The number of nitrogens with zero attached hydrogens (tertiary/aromatic N) is 4. The standard InChI is InChI=1S/C18H17N5O2S/c1-26-18-20-21-22-23(18)15-4-2-3-14(11-15)19-17(24)10-12-5-6-16-13(9-12)7-8-25-16/h2-6,9,11H,7-8,10H2,1H3,(H,19,24). The van der Waals surface area contributed by atoms with Gasteiger partial charge in [0.15, 0.2) is 0 Å². The number of carbonyl (C=O) groups is 1. The van der Waals surface area contributed by atoms with Crippen molar-refractivity contribution in [2.45, 2.75) is 18.0 Å². The number of fused-ring (bicyclic) bond motifs is 1. The van der Waals surface area contributed by atoms with Crippen LogP contribution < -0.4 is 10.1 Å². The van der Waals surface area contributed by atoms with E-state index in [1.165, 1.54) is 17.3 Å². The van der Waals surface area contributed by atoms with Gasteiger partial charge in [0.25, 0.3) is 0 Å². The monoisotopic (exact) mass is 367 g/mol. The van der Waals surface area contributed by atoms with Crippen LogP contribution >= 0.6 is 11.8 Å². The molecule has 0 aliphatic carbocycles. The van der Waals surface area contributed by atoms with Gasteiger partial charge in [-0.3, -0.25) is 4.79 Å². The van der Waals surface area contributed by atoms with Crippen molar-refractivity contribution >= 4 is 23.4 Å². The highest BCUT2D eigenvalue weighted by molar-refractivity contribution is 7.98. The highest BCUT2D eigenvalue weighted by Gasteiger charge is 2.14. The summed E-state index contributed by atoms with van der Waals surface area (Å²) in [5.41, 5.74) is 3.65. The first-order chi connectivity index (χ1) is 12.7. The summed E-state index contributed by atoms with van der Waals surface area (Å²) >= 11 is 1.46. The Morgan fingerprint density at radius 3 is 3.12 bits per heavy atom. The first-order valence-corrected chi connectivity index (χ1v) is 9.42. The Hall–Kier alpha value is -2.87. The van der Waals surface area contributed by atoms with Gasteiger partial charge in [0, 0.05) is 12.1 Å². The number of rotatable bonds is 5. The van der Waals surface area contributed by atoms with Gasteiger partial charge < -0.3 is 10.1 Å². The molecule has 0 fully saturated rings. The van der Waals surface area contributed by atoms with Gasteiger partial charge in [-0.2, -0.15) is 4.68 Å². The van der Waals surface area contributed by atoms with Crippen LogP contribution in [0.1, 0.15) is 11.1 Å². The fourth-order valence-electron chi connectivity index (χ4n) is 2.92. The van der Waals surface area contributed by atoms with Crippen LogP contribution in [-0.2, 0) is 17.6 Å². The van der Waals surface area contributed by atoms with Gasteiger partial charge >= 0.3 is 0 Å². The number of benzene rings is 2. The molecule has 0 unspecified atom stereocenters. The molecular formula is C18H17N5O2S. The molecule has 2 heterocycles. The van der Waals surface area contributed by atoms with Crippen molar-refractivity contribution in [1.29, 1.82) is 0 Å². The number of nitrogens with one attached hydrogen (secondary N) is 1. The highest BCUT2D eigenvalue weighted by Crippen LogP contribution is 2.26. The van der Waals surface area contributed by atoms with Crippen molar-refractivity contribution in [1.82, 2.24) is 20.2 Å². The zero-order chi connectivity index (χ0) is 17.9. The molecule has 0 saturated heterocycles. The number of hydrogen-bond donors (Lipinski definition) is 1. The highest BCUT2D eigenvalue weighted by atomic mass is 32.2. The third kappa shape index (κ3) is 3.41. The lowest BCUT2D eigenvalue weighted by Crippen LogP contribution is -2.14. The molecule has 3 aromatic rings. The molecule has 26 heavy (non-hydrogen) atoms. The van der Waals surface area contributed by atoms with E-state index in [2.05, 4.69) is 20.8 Å². The van der Waals surface area contributed by atoms with E-state index in [1.807, 2.05) is 48.7 Å². The molecule has 2 aromatic carbocycles. The van der Waals surface area contributed by atoms with Crippen LogP contribution in [-0.4, -0.2) is 39.0 Å². The van der Waals surface area contributed by atoms with Crippen LogP contribution in [0.2, 0.25) is 0 Å². The van der Waals surface area contributed by atoms with Gasteiger partial charge in [0.1, 0.15) is 5.75 Å². The van der Waals surface area contributed by atoms with Crippen molar-refractivity contribution in [2.75, 3.05) is 18.2 Å². The van der Waals surface area contributed by atoms with Crippen LogP contribution in [0.4, 0.5) is 5.69 Å². The first kappa shape index (κ1) is 16.6. The van der Waals surface area contributed by atoms with E-state index in [4.69, 9.17) is 4.74 Å². The Morgan fingerprint density at radius 1 is 1.31 bits per heavy atom. The topological polar surface area (TPSA) is 81.9 Å². The van der Waals surface area contributed by atoms with E-state index >= 15 is 0 Å². The average molecular weight is 367 g/mol. The minimum absolute atomic E-state index is 0.0668. The molecule has 132 valence electrons. The molecule has 0 radical (unpaired) electrons. The molecule has 8 heteroatoms. The second kappa shape index (κ2) is 7.17. The van der Waals surface area contributed by atoms with Gasteiger partial charge in [0.05, 0.1) is 18.7 Å². The van der Waals surface area contributed by atoms with Crippen LogP contribution in [0, 0.1) is 0 Å². The second-order valence-electron chi connectivity index (χ2n) is 5.89. The zero-order valence-electron chi connectivity index (χ0n) is 14.2. The lowest BCUT2D eigenvalue weighted by atomic mass is 10.1. The Balaban J connectivity index is 1.47. The normalized spacial score (nSPS) is 12.5. The fraction of sp³-hybridized carbons (Fsp3) is 0.222. The summed E-state index contributed by atoms with van der Waals surface area (Å²) in [6.45, 7) is 0.715. The second-order valence-corrected chi connectivity index (χ2v) is 6.67. The molecule has 1 N–H and O–H groups in total. The van der Waals surface area contributed by atoms with E-state index in [-0.39, 0.29) is 5.91 Å². The molecule has 0 bridgehead atoms. The van der Waals surface area contributed by atoms with Crippen LogP contribution in [0.3, 0.4) is 0 Å². The largest absolute Gasteiger partial charge is 0.493 e. The summed E-state index contributed by atoms with van der Waals surface area (Å²) in [6, 6.07) is 13.4. The predicted octanol–water partition coefficient (Wildman–Crippen LogP) is 2.50. The molecular weight excluding hydrogens is 350 g/mol. The van der Waals surface area contributed by atoms with Crippen molar-refractivity contribution in [3.63, 3.8) is 0 Å². The molecule has 0 atom stereocenters. The third-order valence-corrected chi connectivity index (χ3v) is 4.74. The maximum absolute atomic E-state index is 12.4. The Morgan fingerprint density at radius 2 is 2.23 bits per heavy atom. The summed E-state index contributed by atoms with van der Waals surface area (Å²) in [6.07, 6.45) is 3.13. The van der Waals surface area contributed by atoms with Crippen molar-refractivity contribution < 1.29 is 9.53 Å². The number of amides is 1. The number of anilines is 1. The summed E-state index contributed by atoms with van der Waals surface area (Å²) in [5, 5.41) is 15.3.